The third-order valence-corrected chi connectivity index (χ3v) is 10.8. The molecule has 0 amide bonds. The SMILES string of the molecule is C=C(CCCCCCC/C=C\CCCCCCCC)CCC(Cc1cncn1C)C(CC)C(=C)N1CCN=C1Nc1ccc2nccnc2c1C. The Balaban J connectivity index is 1.23. The lowest BCUT2D eigenvalue weighted by atomic mass is 9.80. The largest absolute Gasteiger partial charge is 0.338 e. The lowest BCUT2D eigenvalue weighted by Gasteiger charge is -2.34. The van der Waals surface area contributed by atoms with Crippen molar-refractivity contribution in [3.63, 3.8) is 0 Å². The zero-order chi connectivity index (χ0) is 36.3. The van der Waals surface area contributed by atoms with E-state index in [0.29, 0.717) is 11.8 Å². The first kappa shape index (κ1) is 40.0. The Labute approximate surface area is 309 Å². The highest BCUT2D eigenvalue weighted by atomic mass is 15.3. The fourth-order valence-corrected chi connectivity index (χ4v) is 7.56. The lowest BCUT2D eigenvalue weighted by Crippen LogP contribution is -2.37. The van der Waals surface area contributed by atoms with Crippen LogP contribution in [0.4, 0.5) is 5.69 Å². The highest BCUT2D eigenvalue weighted by molar-refractivity contribution is 5.98. The minimum absolute atomic E-state index is 0.321. The Morgan fingerprint density at radius 1 is 0.902 bits per heavy atom. The van der Waals surface area contributed by atoms with Gasteiger partial charge < -0.3 is 14.8 Å². The molecule has 2 unspecified atom stereocenters. The number of hydrogen-bond donors (Lipinski definition) is 1. The molecule has 4 rings (SSSR count). The van der Waals surface area contributed by atoms with Gasteiger partial charge in [0.05, 0.1) is 23.9 Å². The number of nitrogens with zero attached hydrogens (tertiary/aromatic N) is 6. The molecule has 278 valence electrons. The average Bonchev–Trinajstić information content (AvgIpc) is 3.78. The molecule has 3 heterocycles. The summed E-state index contributed by atoms with van der Waals surface area (Å²) in [6.07, 6.45) is 34.9. The van der Waals surface area contributed by atoms with Gasteiger partial charge in [0, 0.05) is 60.7 Å². The van der Waals surface area contributed by atoms with E-state index in [1.807, 2.05) is 18.6 Å². The number of unbranched alkanes of at least 4 members (excludes halogenated alkanes) is 11. The number of aliphatic imine (C=N–C) groups is 1. The summed E-state index contributed by atoms with van der Waals surface area (Å²) in [6, 6.07) is 4.10. The Morgan fingerprint density at radius 2 is 1.61 bits per heavy atom. The van der Waals surface area contributed by atoms with Gasteiger partial charge in [0.1, 0.15) is 0 Å². The Bertz CT molecular complexity index is 1550. The van der Waals surface area contributed by atoms with Crippen LogP contribution in [-0.2, 0) is 13.5 Å². The molecule has 0 saturated carbocycles. The summed E-state index contributed by atoms with van der Waals surface area (Å²) in [5.74, 6) is 1.63. The monoisotopic (exact) mass is 694 g/mol. The molecule has 7 heteroatoms. The van der Waals surface area contributed by atoms with Gasteiger partial charge in [-0.1, -0.05) is 96.1 Å². The number of imidazole rings is 1. The number of nitrogens with one attached hydrogen (secondary N) is 1. The van der Waals surface area contributed by atoms with Gasteiger partial charge in [0.25, 0.3) is 0 Å². The quantitative estimate of drug-likeness (QED) is 0.0706. The molecule has 7 nitrogen and oxygen atoms in total. The van der Waals surface area contributed by atoms with E-state index in [4.69, 9.17) is 11.6 Å². The number of aryl methyl sites for hydroxylation is 2. The minimum atomic E-state index is 0.321. The molecule has 2 aromatic heterocycles. The summed E-state index contributed by atoms with van der Waals surface area (Å²) in [5, 5.41) is 3.63. The van der Waals surface area contributed by atoms with Crippen molar-refractivity contribution in [2.45, 2.75) is 136 Å². The zero-order valence-corrected chi connectivity index (χ0v) is 32.5. The second-order valence-corrected chi connectivity index (χ2v) is 14.7. The second kappa shape index (κ2) is 22.3. The average molecular weight is 694 g/mol. The van der Waals surface area contributed by atoms with Crippen molar-refractivity contribution in [2.24, 2.45) is 23.9 Å². The van der Waals surface area contributed by atoms with Crippen molar-refractivity contribution in [1.29, 1.82) is 0 Å². The summed E-state index contributed by atoms with van der Waals surface area (Å²) in [7, 11) is 2.10. The molecule has 1 aliphatic heterocycles. The summed E-state index contributed by atoms with van der Waals surface area (Å²) in [6.45, 7) is 17.5. The maximum Gasteiger partial charge on any atom is 0.202 e. The third-order valence-electron chi connectivity index (χ3n) is 10.8. The molecule has 3 aromatic rings. The van der Waals surface area contributed by atoms with Crippen LogP contribution in [0.15, 0.2) is 78.6 Å². The Hall–Kier alpha value is -3.74. The van der Waals surface area contributed by atoms with E-state index in [2.05, 4.69) is 82.4 Å². The first-order valence-corrected chi connectivity index (χ1v) is 20.2. The molecule has 0 spiro atoms. The van der Waals surface area contributed by atoms with Crippen LogP contribution in [0, 0.1) is 18.8 Å². The van der Waals surface area contributed by atoms with Gasteiger partial charge in [-0.3, -0.25) is 15.0 Å². The predicted molar refractivity (Wildman–Crippen MR) is 218 cm³/mol. The van der Waals surface area contributed by atoms with Crippen LogP contribution < -0.4 is 5.32 Å². The molecule has 1 N–H and O–H groups in total. The van der Waals surface area contributed by atoms with E-state index in [0.717, 1.165) is 79.1 Å². The van der Waals surface area contributed by atoms with Gasteiger partial charge >= 0.3 is 0 Å². The van der Waals surface area contributed by atoms with Gasteiger partial charge in [-0.15, -0.1) is 0 Å². The first-order chi connectivity index (χ1) is 24.9. The minimum Gasteiger partial charge on any atom is -0.338 e. The normalized spacial score (nSPS) is 14.4. The highest BCUT2D eigenvalue weighted by Crippen LogP contribution is 2.35. The van der Waals surface area contributed by atoms with Crippen LogP contribution in [0.3, 0.4) is 0 Å². The van der Waals surface area contributed by atoms with E-state index in [9.17, 15) is 0 Å². The van der Waals surface area contributed by atoms with Crippen LogP contribution in [-0.4, -0.2) is 43.5 Å². The molecule has 2 atom stereocenters. The molecular weight excluding hydrogens is 627 g/mol. The van der Waals surface area contributed by atoms with Crippen molar-refractivity contribution in [3.05, 3.63) is 84.9 Å². The summed E-state index contributed by atoms with van der Waals surface area (Å²) in [5.41, 5.74) is 7.71. The molecule has 1 aromatic carbocycles. The lowest BCUT2D eigenvalue weighted by molar-refractivity contribution is 0.296. The van der Waals surface area contributed by atoms with E-state index >= 15 is 0 Å². The Kier molecular flexibility index (Phi) is 17.5. The van der Waals surface area contributed by atoms with Gasteiger partial charge in [-0.2, -0.15) is 0 Å². The van der Waals surface area contributed by atoms with Crippen molar-refractivity contribution in [3.8, 4) is 0 Å². The standard InChI is InChI=1S/C44H67N7/c1-7-9-10-11-12-13-14-15-16-17-18-19-20-21-22-23-35(3)24-25-38(32-39-33-45-34-50(39)6)40(8-2)37(5)51-31-30-48-44(51)49-41-26-27-42-43(36(41)4)47-29-28-46-42/h15-16,26-29,33-34,38,40H,3,5,7-14,17-25,30-32H2,1-2,4,6H3,(H,48,49)/b16-15-. The van der Waals surface area contributed by atoms with Crippen molar-refractivity contribution < 1.29 is 0 Å². The maximum absolute atomic E-state index is 4.89. The van der Waals surface area contributed by atoms with Gasteiger partial charge in [0.2, 0.25) is 5.96 Å². The number of anilines is 1. The smallest absolute Gasteiger partial charge is 0.202 e. The number of fused-ring (bicyclic) bond motifs is 1. The van der Waals surface area contributed by atoms with Crippen molar-refractivity contribution in [1.82, 2.24) is 24.4 Å². The molecular formula is C44H67N7. The molecule has 0 fully saturated rings. The van der Waals surface area contributed by atoms with Gasteiger partial charge in [-0.05, 0) is 89.2 Å². The van der Waals surface area contributed by atoms with E-state index in [-0.39, 0.29) is 0 Å². The summed E-state index contributed by atoms with van der Waals surface area (Å²) >= 11 is 0. The molecule has 51 heavy (non-hydrogen) atoms. The van der Waals surface area contributed by atoms with Crippen LogP contribution >= 0.6 is 0 Å². The zero-order valence-electron chi connectivity index (χ0n) is 32.5. The van der Waals surface area contributed by atoms with Gasteiger partial charge in [0.15, 0.2) is 0 Å². The summed E-state index contributed by atoms with van der Waals surface area (Å²) in [4.78, 5) is 20.7. The number of rotatable bonds is 25. The van der Waals surface area contributed by atoms with Crippen LogP contribution in [0.1, 0.15) is 134 Å². The van der Waals surface area contributed by atoms with Crippen molar-refractivity contribution in [2.75, 3.05) is 18.4 Å². The Morgan fingerprint density at radius 3 is 2.31 bits per heavy atom. The number of guanidine groups is 1. The molecule has 0 aliphatic carbocycles. The summed E-state index contributed by atoms with van der Waals surface area (Å²) < 4.78 is 2.17. The fraction of sp³-hybridized carbons (Fsp3) is 0.591. The third kappa shape index (κ3) is 12.8. The highest BCUT2D eigenvalue weighted by Gasteiger charge is 2.30. The molecule has 0 bridgehead atoms. The first-order valence-electron chi connectivity index (χ1n) is 20.2. The fourth-order valence-electron chi connectivity index (χ4n) is 7.56. The van der Waals surface area contributed by atoms with Crippen LogP contribution in [0.5, 0.6) is 0 Å². The number of hydrogen-bond acceptors (Lipinski definition) is 6. The van der Waals surface area contributed by atoms with E-state index in [1.54, 1.807) is 12.4 Å². The van der Waals surface area contributed by atoms with Gasteiger partial charge in [-0.25, -0.2) is 4.98 Å². The number of allylic oxidation sites excluding steroid dienone is 4. The van der Waals surface area contributed by atoms with Crippen LogP contribution in [0.25, 0.3) is 11.0 Å². The van der Waals surface area contributed by atoms with Crippen molar-refractivity contribution >= 4 is 22.7 Å². The second-order valence-electron chi connectivity index (χ2n) is 14.7. The van der Waals surface area contributed by atoms with Crippen LogP contribution in [0.2, 0.25) is 0 Å². The predicted octanol–water partition coefficient (Wildman–Crippen LogP) is 11.5. The van der Waals surface area contributed by atoms with E-state index < -0.39 is 0 Å². The molecule has 0 radical (unpaired) electrons. The molecule has 0 saturated heterocycles. The van der Waals surface area contributed by atoms with E-state index in [1.165, 1.54) is 94.7 Å². The number of benzene rings is 1. The number of aromatic nitrogens is 4. The topological polar surface area (TPSA) is 71.2 Å². The maximum atomic E-state index is 4.89. The molecule has 1 aliphatic rings.